The van der Waals surface area contributed by atoms with Crippen molar-refractivity contribution in [2.75, 3.05) is 11.6 Å². The van der Waals surface area contributed by atoms with E-state index in [1.807, 2.05) is 45.0 Å². The van der Waals surface area contributed by atoms with Crippen molar-refractivity contribution in [3.63, 3.8) is 0 Å². The molecule has 0 aliphatic carbocycles. The van der Waals surface area contributed by atoms with Gasteiger partial charge in [0.05, 0.1) is 5.75 Å². The molecule has 0 saturated carbocycles. The van der Waals surface area contributed by atoms with Crippen LogP contribution >= 0.6 is 11.8 Å². The first-order valence-electron chi connectivity index (χ1n) is 8.68. The maximum absolute atomic E-state index is 12.3. The van der Waals surface area contributed by atoms with Crippen LogP contribution in [0.4, 0.5) is 0 Å². The van der Waals surface area contributed by atoms with Gasteiger partial charge in [0.2, 0.25) is 11.1 Å². The number of benzene rings is 1. The summed E-state index contributed by atoms with van der Waals surface area (Å²) >= 11 is 1.28. The molecule has 6 nitrogen and oxygen atoms in total. The van der Waals surface area contributed by atoms with Crippen molar-refractivity contribution in [3.05, 3.63) is 29.8 Å². The second-order valence-corrected chi connectivity index (χ2v) is 9.44. The molecular weight excluding hydrogens is 346 g/mol. The van der Waals surface area contributed by atoms with E-state index in [9.17, 15) is 4.79 Å². The molecule has 1 aromatic heterocycles. The normalized spacial score (nSPS) is 12.2. The Kier molecular flexibility index (Phi) is 6.01. The third-order valence-electron chi connectivity index (χ3n) is 3.76. The Balaban J connectivity index is 1.98. The average molecular weight is 376 g/mol. The van der Waals surface area contributed by atoms with E-state index in [0.29, 0.717) is 11.0 Å². The van der Waals surface area contributed by atoms with Gasteiger partial charge in [0.1, 0.15) is 0 Å². The SMILES string of the molecule is Cc1ccc(-c2nnc(SCC(=O)NC(C)(C)CC(C)(C)C)n2N)cc1. The van der Waals surface area contributed by atoms with Crippen LogP contribution in [0.5, 0.6) is 0 Å². The molecule has 0 atom stereocenters. The highest BCUT2D eigenvalue weighted by atomic mass is 32.2. The Labute approximate surface area is 159 Å². The van der Waals surface area contributed by atoms with Crippen molar-refractivity contribution in [1.82, 2.24) is 20.2 Å². The van der Waals surface area contributed by atoms with Crippen LogP contribution in [-0.2, 0) is 4.79 Å². The number of amides is 1. The van der Waals surface area contributed by atoms with Gasteiger partial charge in [0.25, 0.3) is 0 Å². The number of hydrogen-bond acceptors (Lipinski definition) is 5. The number of nitrogens with one attached hydrogen (secondary N) is 1. The molecule has 0 unspecified atom stereocenters. The van der Waals surface area contributed by atoms with Gasteiger partial charge in [-0.2, -0.15) is 0 Å². The largest absolute Gasteiger partial charge is 0.350 e. The van der Waals surface area contributed by atoms with Crippen molar-refractivity contribution in [1.29, 1.82) is 0 Å². The zero-order valence-electron chi connectivity index (χ0n) is 16.5. The fourth-order valence-corrected chi connectivity index (χ4v) is 3.85. The van der Waals surface area contributed by atoms with Crippen molar-refractivity contribution in [2.45, 2.75) is 58.7 Å². The smallest absolute Gasteiger partial charge is 0.230 e. The van der Waals surface area contributed by atoms with Gasteiger partial charge < -0.3 is 11.2 Å². The molecule has 0 spiro atoms. The molecule has 1 heterocycles. The average Bonchev–Trinajstić information content (AvgIpc) is 2.84. The van der Waals surface area contributed by atoms with Gasteiger partial charge in [-0.15, -0.1) is 10.2 Å². The third-order valence-corrected chi connectivity index (χ3v) is 4.70. The highest BCUT2D eigenvalue weighted by molar-refractivity contribution is 7.99. The number of carbonyl (C=O) groups excluding carboxylic acids is 1. The number of rotatable bonds is 6. The summed E-state index contributed by atoms with van der Waals surface area (Å²) in [5, 5.41) is 11.9. The van der Waals surface area contributed by atoms with Crippen LogP contribution in [0.2, 0.25) is 0 Å². The van der Waals surface area contributed by atoms with Gasteiger partial charge >= 0.3 is 0 Å². The van der Waals surface area contributed by atoms with Crippen LogP contribution in [0, 0.1) is 12.3 Å². The lowest BCUT2D eigenvalue weighted by molar-refractivity contribution is -0.120. The molecule has 0 saturated heterocycles. The number of carbonyl (C=O) groups is 1. The Hall–Kier alpha value is -2.02. The predicted molar refractivity (Wildman–Crippen MR) is 107 cm³/mol. The molecule has 3 N–H and O–H groups in total. The monoisotopic (exact) mass is 375 g/mol. The highest BCUT2D eigenvalue weighted by Crippen LogP contribution is 2.27. The molecule has 0 aliphatic heterocycles. The van der Waals surface area contributed by atoms with E-state index in [2.05, 4.69) is 36.3 Å². The maximum atomic E-state index is 12.3. The first-order valence-corrected chi connectivity index (χ1v) is 9.67. The lowest BCUT2D eigenvalue weighted by atomic mass is 9.82. The Bertz CT molecular complexity index is 759. The fraction of sp³-hybridized carbons (Fsp3) is 0.526. The van der Waals surface area contributed by atoms with Crippen LogP contribution in [-0.4, -0.2) is 32.1 Å². The van der Waals surface area contributed by atoms with Crippen LogP contribution in [0.1, 0.15) is 46.6 Å². The molecule has 142 valence electrons. The van der Waals surface area contributed by atoms with E-state index in [-0.39, 0.29) is 22.6 Å². The molecular formula is C19H29N5OS. The standard InChI is InChI=1S/C19H29N5OS/c1-13-7-9-14(10-8-13)16-22-23-17(24(16)20)26-11-15(25)21-19(5,6)12-18(2,3)4/h7-10H,11-12,20H2,1-6H3,(H,21,25). The van der Waals surface area contributed by atoms with Gasteiger partial charge in [0.15, 0.2) is 5.82 Å². The Morgan fingerprint density at radius 2 is 1.77 bits per heavy atom. The van der Waals surface area contributed by atoms with E-state index in [4.69, 9.17) is 5.84 Å². The number of thioether (sulfide) groups is 1. The molecule has 7 heteroatoms. The summed E-state index contributed by atoms with van der Waals surface area (Å²) in [5.41, 5.74) is 1.94. The fourth-order valence-electron chi connectivity index (χ4n) is 3.19. The predicted octanol–water partition coefficient (Wildman–Crippen LogP) is 3.39. The van der Waals surface area contributed by atoms with Crippen molar-refractivity contribution in [2.24, 2.45) is 5.41 Å². The number of nitrogens with two attached hydrogens (primary N) is 1. The molecule has 0 fully saturated rings. The second-order valence-electron chi connectivity index (χ2n) is 8.50. The van der Waals surface area contributed by atoms with Crippen molar-refractivity contribution < 1.29 is 4.79 Å². The van der Waals surface area contributed by atoms with Gasteiger partial charge in [-0.25, -0.2) is 4.68 Å². The third kappa shape index (κ3) is 5.76. The molecule has 2 rings (SSSR count). The zero-order valence-corrected chi connectivity index (χ0v) is 17.3. The maximum Gasteiger partial charge on any atom is 0.230 e. The summed E-state index contributed by atoms with van der Waals surface area (Å²) in [5.74, 6) is 6.90. The van der Waals surface area contributed by atoms with Crippen LogP contribution in [0.25, 0.3) is 11.4 Å². The van der Waals surface area contributed by atoms with E-state index < -0.39 is 0 Å². The van der Waals surface area contributed by atoms with Gasteiger partial charge in [0, 0.05) is 11.1 Å². The van der Waals surface area contributed by atoms with E-state index >= 15 is 0 Å². The summed E-state index contributed by atoms with van der Waals surface area (Å²) < 4.78 is 1.43. The van der Waals surface area contributed by atoms with Gasteiger partial charge in [-0.1, -0.05) is 62.4 Å². The first kappa shape index (κ1) is 20.3. The summed E-state index contributed by atoms with van der Waals surface area (Å²) in [7, 11) is 0. The minimum absolute atomic E-state index is 0.0378. The minimum atomic E-state index is -0.265. The lowest BCUT2D eigenvalue weighted by Crippen LogP contribution is -2.46. The number of aryl methyl sites for hydroxylation is 1. The number of aromatic nitrogens is 3. The lowest BCUT2D eigenvalue weighted by Gasteiger charge is -2.33. The number of hydrogen-bond donors (Lipinski definition) is 2. The van der Waals surface area contributed by atoms with Crippen LogP contribution < -0.4 is 11.2 Å². The highest BCUT2D eigenvalue weighted by Gasteiger charge is 2.27. The van der Waals surface area contributed by atoms with Crippen LogP contribution in [0.15, 0.2) is 29.4 Å². The Morgan fingerprint density at radius 3 is 2.35 bits per heavy atom. The minimum Gasteiger partial charge on any atom is -0.350 e. The summed E-state index contributed by atoms with van der Waals surface area (Å²) in [4.78, 5) is 12.3. The van der Waals surface area contributed by atoms with E-state index in [1.54, 1.807) is 0 Å². The summed E-state index contributed by atoms with van der Waals surface area (Å²) in [6.07, 6.45) is 0.890. The number of nitrogen functional groups attached to an aromatic ring is 1. The topological polar surface area (TPSA) is 85.8 Å². The summed E-state index contributed by atoms with van der Waals surface area (Å²) in [6, 6.07) is 7.92. The zero-order chi connectivity index (χ0) is 19.5. The second kappa shape index (κ2) is 7.70. The summed E-state index contributed by atoms with van der Waals surface area (Å²) in [6.45, 7) is 12.6. The van der Waals surface area contributed by atoms with Gasteiger partial charge in [-0.05, 0) is 32.6 Å². The molecule has 2 aromatic rings. The van der Waals surface area contributed by atoms with Gasteiger partial charge in [-0.3, -0.25) is 4.79 Å². The quantitative estimate of drug-likeness (QED) is 0.597. The molecule has 1 aromatic carbocycles. The molecule has 0 bridgehead atoms. The molecule has 26 heavy (non-hydrogen) atoms. The Morgan fingerprint density at radius 1 is 1.15 bits per heavy atom. The van der Waals surface area contributed by atoms with Crippen molar-refractivity contribution in [3.8, 4) is 11.4 Å². The van der Waals surface area contributed by atoms with Crippen LogP contribution in [0.3, 0.4) is 0 Å². The van der Waals surface area contributed by atoms with E-state index in [1.165, 1.54) is 22.0 Å². The number of nitrogens with zero attached hydrogens (tertiary/aromatic N) is 3. The molecule has 0 aliphatic rings. The van der Waals surface area contributed by atoms with E-state index in [0.717, 1.165) is 12.0 Å². The first-order chi connectivity index (χ1) is 12.0. The van der Waals surface area contributed by atoms with Crippen molar-refractivity contribution >= 4 is 17.7 Å². The molecule has 1 amide bonds. The molecule has 0 radical (unpaired) electrons.